The van der Waals surface area contributed by atoms with Crippen molar-refractivity contribution < 1.29 is 0 Å². The predicted molar refractivity (Wildman–Crippen MR) is 223 cm³/mol. The molecule has 0 spiro atoms. The third-order valence-corrected chi connectivity index (χ3v) is 10.3. The minimum Gasteiger partial charge on any atom is -0.310 e. The first-order chi connectivity index (χ1) is 26.2. The van der Waals surface area contributed by atoms with Gasteiger partial charge in [0.25, 0.3) is 0 Å². The van der Waals surface area contributed by atoms with Gasteiger partial charge in [-0.05, 0) is 111 Å². The Kier molecular flexibility index (Phi) is 7.47. The Morgan fingerprint density at radius 3 is 1.30 bits per heavy atom. The maximum Gasteiger partial charge on any atom is 0.0702 e. The van der Waals surface area contributed by atoms with E-state index in [0.29, 0.717) is 0 Å². The number of nitrogens with zero attached hydrogens (tertiary/aromatic N) is 3. The van der Waals surface area contributed by atoms with Gasteiger partial charge in [-0.2, -0.15) is 0 Å². The molecule has 0 amide bonds. The van der Waals surface area contributed by atoms with Crippen molar-refractivity contribution >= 4 is 60.4 Å². The summed E-state index contributed by atoms with van der Waals surface area (Å²) in [6.07, 6.45) is 3.93. The molecule has 2 aromatic heterocycles. The Morgan fingerprint density at radius 1 is 0.283 bits per heavy atom. The fraction of sp³-hybridized carbons (Fsp3) is 0. The fourth-order valence-corrected chi connectivity index (χ4v) is 7.52. The summed E-state index contributed by atoms with van der Waals surface area (Å²) in [4.78, 5) is 11.8. The molecule has 248 valence electrons. The van der Waals surface area contributed by atoms with E-state index in [0.717, 1.165) is 61.1 Å². The number of rotatable bonds is 6. The molecule has 0 atom stereocenters. The molecule has 10 rings (SSSR count). The summed E-state index contributed by atoms with van der Waals surface area (Å²) in [5.41, 5.74) is 12.2. The standard InChI is InChI=1S/C50H33N3/c1-2-8-34(9-3-1)37-20-26-47-38(28-37)14-15-39-31-46(25-27-48(39)47)53(44-21-16-35(17-22-44)42-29-40-10-4-6-12-49(40)51-32-42)45-23-18-36(19-24-45)43-30-41-11-5-7-13-50(41)52-33-43/h1-33H. The average molecular weight is 676 g/mol. The zero-order chi connectivity index (χ0) is 35.1. The molecule has 3 heteroatoms. The van der Waals surface area contributed by atoms with E-state index < -0.39 is 0 Å². The van der Waals surface area contributed by atoms with Gasteiger partial charge in [0.05, 0.1) is 11.0 Å². The Hall–Kier alpha value is -7.10. The van der Waals surface area contributed by atoms with Crippen molar-refractivity contribution in [3.05, 3.63) is 200 Å². The van der Waals surface area contributed by atoms with E-state index in [2.05, 4.69) is 181 Å². The Morgan fingerprint density at radius 2 is 0.717 bits per heavy atom. The summed E-state index contributed by atoms with van der Waals surface area (Å²) in [5.74, 6) is 0. The zero-order valence-electron chi connectivity index (χ0n) is 28.9. The van der Waals surface area contributed by atoms with Gasteiger partial charge < -0.3 is 4.90 Å². The molecule has 0 unspecified atom stereocenters. The second kappa shape index (κ2) is 12.9. The number of para-hydroxylation sites is 2. The van der Waals surface area contributed by atoms with E-state index >= 15 is 0 Å². The summed E-state index contributed by atoms with van der Waals surface area (Å²) in [5, 5.41) is 7.20. The van der Waals surface area contributed by atoms with Crippen LogP contribution >= 0.6 is 0 Å². The quantitative estimate of drug-likeness (QED) is 0.164. The van der Waals surface area contributed by atoms with Crippen LogP contribution in [0.25, 0.3) is 76.7 Å². The van der Waals surface area contributed by atoms with Crippen LogP contribution in [0.1, 0.15) is 0 Å². The van der Waals surface area contributed by atoms with Crippen LogP contribution in [0.4, 0.5) is 17.1 Å². The molecular weight excluding hydrogens is 643 g/mol. The van der Waals surface area contributed by atoms with E-state index in [1.807, 2.05) is 24.5 Å². The second-order valence-corrected chi connectivity index (χ2v) is 13.5. The van der Waals surface area contributed by atoms with Gasteiger partial charge in [0, 0.05) is 51.4 Å². The first kappa shape index (κ1) is 30.7. The minimum atomic E-state index is 1.00. The highest BCUT2D eigenvalue weighted by atomic mass is 15.1. The van der Waals surface area contributed by atoms with Gasteiger partial charge in [-0.3, -0.25) is 9.97 Å². The topological polar surface area (TPSA) is 29.0 Å². The number of aromatic nitrogens is 2. The van der Waals surface area contributed by atoms with E-state index in [9.17, 15) is 0 Å². The summed E-state index contributed by atoms with van der Waals surface area (Å²) in [7, 11) is 0. The van der Waals surface area contributed by atoms with Gasteiger partial charge in [0.15, 0.2) is 0 Å². The van der Waals surface area contributed by atoms with Crippen molar-refractivity contribution in [3.63, 3.8) is 0 Å². The van der Waals surface area contributed by atoms with E-state index in [4.69, 9.17) is 9.97 Å². The average Bonchev–Trinajstić information content (AvgIpc) is 3.24. The molecule has 8 aromatic carbocycles. The van der Waals surface area contributed by atoms with Gasteiger partial charge >= 0.3 is 0 Å². The van der Waals surface area contributed by atoms with Crippen LogP contribution in [0, 0.1) is 0 Å². The molecule has 0 fully saturated rings. The highest BCUT2D eigenvalue weighted by molar-refractivity contribution is 6.09. The predicted octanol–water partition coefficient (Wildman–Crippen LogP) is 13.6. The summed E-state index contributed by atoms with van der Waals surface area (Å²) >= 11 is 0. The molecule has 0 aliphatic rings. The minimum absolute atomic E-state index is 1.00. The Bertz CT molecular complexity index is 2810. The van der Waals surface area contributed by atoms with Gasteiger partial charge in [0.2, 0.25) is 0 Å². The lowest BCUT2D eigenvalue weighted by molar-refractivity contribution is 1.29. The molecule has 0 N–H and O–H groups in total. The van der Waals surface area contributed by atoms with Gasteiger partial charge in [-0.25, -0.2) is 0 Å². The molecule has 2 heterocycles. The van der Waals surface area contributed by atoms with Crippen LogP contribution in [-0.2, 0) is 0 Å². The van der Waals surface area contributed by atoms with Crippen molar-refractivity contribution in [3.8, 4) is 33.4 Å². The lowest BCUT2D eigenvalue weighted by Gasteiger charge is -2.26. The normalized spacial score (nSPS) is 11.4. The zero-order valence-corrected chi connectivity index (χ0v) is 28.9. The lowest BCUT2D eigenvalue weighted by atomic mass is 9.97. The van der Waals surface area contributed by atoms with Crippen LogP contribution in [0.3, 0.4) is 0 Å². The maximum atomic E-state index is 4.72. The van der Waals surface area contributed by atoms with Crippen molar-refractivity contribution in [2.75, 3.05) is 4.90 Å². The third kappa shape index (κ3) is 5.75. The van der Waals surface area contributed by atoms with Crippen LogP contribution in [-0.4, -0.2) is 9.97 Å². The molecule has 0 aliphatic carbocycles. The Balaban J connectivity index is 1.05. The van der Waals surface area contributed by atoms with Crippen molar-refractivity contribution in [2.45, 2.75) is 0 Å². The first-order valence-electron chi connectivity index (χ1n) is 18.0. The van der Waals surface area contributed by atoms with Crippen LogP contribution in [0.2, 0.25) is 0 Å². The van der Waals surface area contributed by atoms with E-state index in [-0.39, 0.29) is 0 Å². The van der Waals surface area contributed by atoms with E-state index in [1.165, 1.54) is 32.7 Å². The number of fused-ring (bicyclic) bond motifs is 5. The van der Waals surface area contributed by atoms with E-state index in [1.54, 1.807) is 0 Å². The van der Waals surface area contributed by atoms with Crippen LogP contribution < -0.4 is 4.90 Å². The summed E-state index contributed by atoms with van der Waals surface area (Å²) in [6, 6.07) is 67.3. The second-order valence-electron chi connectivity index (χ2n) is 13.5. The molecule has 0 aliphatic heterocycles. The molecule has 0 saturated carbocycles. The largest absolute Gasteiger partial charge is 0.310 e. The maximum absolute atomic E-state index is 4.72. The Labute approximate surface area is 308 Å². The van der Waals surface area contributed by atoms with Crippen LogP contribution in [0.5, 0.6) is 0 Å². The van der Waals surface area contributed by atoms with Gasteiger partial charge in [0.1, 0.15) is 0 Å². The smallest absolute Gasteiger partial charge is 0.0702 e. The SMILES string of the molecule is c1ccc(-c2ccc3c(ccc4cc(N(c5ccc(-c6cnc7ccccc7c6)cc5)c5ccc(-c6cnc7ccccc7c6)cc5)ccc43)c2)cc1. The summed E-state index contributed by atoms with van der Waals surface area (Å²) < 4.78 is 0. The molecule has 53 heavy (non-hydrogen) atoms. The third-order valence-electron chi connectivity index (χ3n) is 10.3. The molecule has 0 bridgehead atoms. The molecule has 3 nitrogen and oxygen atoms in total. The highest BCUT2D eigenvalue weighted by Gasteiger charge is 2.15. The number of hydrogen-bond donors (Lipinski definition) is 0. The summed E-state index contributed by atoms with van der Waals surface area (Å²) in [6.45, 7) is 0. The highest BCUT2D eigenvalue weighted by Crippen LogP contribution is 2.39. The first-order valence-corrected chi connectivity index (χ1v) is 18.0. The van der Waals surface area contributed by atoms with Crippen molar-refractivity contribution in [1.82, 2.24) is 9.97 Å². The lowest BCUT2D eigenvalue weighted by Crippen LogP contribution is -2.09. The fourth-order valence-electron chi connectivity index (χ4n) is 7.52. The molecular formula is C50H33N3. The molecule has 0 radical (unpaired) electrons. The monoisotopic (exact) mass is 675 g/mol. The van der Waals surface area contributed by atoms with Crippen molar-refractivity contribution in [2.24, 2.45) is 0 Å². The number of pyridine rings is 2. The molecule has 0 saturated heterocycles. The number of hydrogen-bond acceptors (Lipinski definition) is 3. The molecule has 10 aromatic rings. The van der Waals surface area contributed by atoms with Crippen LogP contribution in [0.15, 0.2) is 200 Å². The van der Waals surface area contributed by atoms with Gasteiger partial charge in [-0.15, -0.1) is 0 Å². The van der Waals surface area contributed by atoms with Crippen molar-refractivity contribution in [1.29, 1.82) is 0 Å². The van der Waals surface area contributed by atoms with Gasteiger partial charge in [-0.1, -0.05) is 121 Å². The number of benzene rings is 8. The number of anilines is 3.